The van der Waals surface area contributed by atoms with Crippen LogP contribution in [0.3, 0.4) is 0 Å². The molecule has 2 aromatic rings. The van der Waals surface area contributed by atoms with E-state index < -0.39 is 0 Å². The number of aromatic nitrogens is 1. The van der Waals surface area contributed by atoms with E-state index in [-0.39, 0.29) is 11.4 Å². The minimum atomic E-state index is -0.322. The third kappa shape index (κ3) is 2.68. The lowest BCUT2D eigenvalue weighted by molar-refractivity contribution is 0.0868. The van der Waals surface area contributed by atoms with Gasteiger partial charge in [0.25, 0.3) is 5.91 Å². The zero-order valence-electron chi connectivity index (χ0n) is 13.9. The normalized spacial score (nSPS) is 19.2. The molecule has 0 radical (unpaired) electrons. The molecule has 2 aliphatic carbocycles. The van der Waals surface area contributed by atoms with Gasteiger partial charge in [0.15, 0.2) is 6.39 Å². The van der Waals surface area contributed by atoms with Gasteiger partial charge in [-0.15, -0.1) is 0 Å². The lowest BCUT2D eigenvalue weighted by Gasteiger charge is -2.31. The standard InChI is InChI=1S/C19H22N2O3/c1-23-15-8-6-14(7-9-15)19(10-2-3-11-19)21-18(22)17-16(13-4-5-13)20-12-24-17/h6-9,12-13H,2-5,10-11H2,1H3,(H,21,22). The molecular weight excluding hydrogens is 304 g/mol. The van der Waals surface area contributed by atoms with E-state index in [1.54, 1.807) is 7.11 Å². The Morgan fingerprint density at radius 3 is 2.58 bits per heavy atom. The highest BCUT2D eigenvalue weighted by Gasteiger charge is 2.39. The predicted molar refractivity (Wildman–Crippen MR) is 89.1 cm³/mol. The van der Waals surface area contributed by atoms with Crippen LogP contribution in [0.25, 0.3) is 0 Å². The van der Waals surface area contributed by atoms with Crippen LogP contribution in [0.2, 0.25) is 0 Å². The van der Waals surface area contributed by atoms with Crippen LogP contribution in [0, 0.1) is 0 Å². The van der Waals surface area contributed by atoms with Crippen LogP contribution in [-0.2, 0) is 5.54 Å². The number of nitrogens with one attached hydrogen (secondary N) is 1. The maximum absolute atomic E-state index is 12.8. The zero-order chi connectivity index (χ0) is 16.6. The molecular formula is C19H22N2O3. The molecule has 1 aromatic heterocycles. The first-order valence-electron chi connectivity index (χ1n) is 8.62. The Hall–Kier alpha value is -2.30. The predicted octanol–water partition coefficient (Wildman–Crippen LogP) is 3.76. The van der Waals surface area contributed by atoms with E-state index in [2.05, 4.69) is 10.3 Å². The van der Waals surface area contributed by atoms with E-state index in [0.29, 0.717) is 11.7 Å². The molecule has 5 heteroatoms. The Bertz CT molecular complexity index is 725. The first-order valence-corrected chi connectivity index (χ1v) is 8.62. The van der Waals surface area contributed by atoms with Gasteiger partial charge in [0, 0.05) is 5.92 Å². The molecule has 0 saturated heterocycles. The van der Waals surface area contributed by atoms with Crippen LogP contribution in [0.5, 0.6) is 5.75 Å². The second-order valence-electron chi connectivity index (χ2n) is 6.81. The van der Waals surface area contributed by atoms with Crippen molar-refractivity contribution >= 4 is 5.91 Å². The molecule has 1 N–H and O–H groups in total. The third-order valence-electron chi connectivity index (χ3n) is 5.22. The lowest BCUT2D eigenvalue weighted by atomic mass is 9.88. The van der Waals surface area contributed by atoms with Crippen LogP contribution >= 0.6 is 0 Å². The molecule has 0 atom stereocenters. The quantitative estimate of drug-likeness (QED) is 0.908. The smallest absolute Gasteiger partial charge is 0.289 e. The maximum atomic E-state index is 12.8. The number of ether oxygens (including phenoxy) is 1. The largest absolute Gasteiger partial charge is 0.497 e. The molecule has 0 aliphatic heterocycles. The molecule has 2 fully saturated rings. The van der Waals surface area contributed by atoms with Gasteiger partial charge in [0.05, 0.1) is 18.3 Å². The molecule has 2 aliphatic rings. The Morgan fingerprint density at radius 2 is 1.96 bits per heavy atom. The lowest BCUT2D eigenvalue weighted by Crippen LogP contribution is -2.44. The molecule has 2 saturated carbocycles. The molecule has 24 heavy (non-hydrogen) atoms. The number of benzene rings is 1. The molecule has 0 bridgehead atoms. The third-order valence-corrected chi connectivity index (χ3v) is 5.22. The highest BCUT2D eigenvalue weighted by Crippen LogP contribution is 2.42. The number of nitrogens with zero attached hydrogens (tertiary/aromatic N) is 1. The Balaban J connectivity index is 1.60. The summed E-state index contributed by atoms with van der Waals surface area (Å²) in [5.41, 5.74) is 1.62. The number of hydrogen-bond acceptors (Lipinski definition) is 4. The van der Waals surface area contributed by atoms with Gasteiger partial charge >= 0.3 is 0 Å². The average Bonchev–Trinajstić information content (AvgIpc) is 3.14. The SMILES string of the molecule is COc1ccc(C2(NC(=O)c3ocnc3C3CC3)CCCC2)cc1. The van der Waals surface area contributed by atoms with Gasteiger partial charge < -0.3 is 14.5 Å². The number of rotatable bonds is 5. The van der Waals surface area contributed by atoms with Crippen molar-refractivity contribution in [1.82, 2.24) is 10.3 Å². The number of methoxy groups -OCH3 is 1. The molecule has 4 rings (SSSR count). The van der Waals surface area contributed by atoms with E-state index in [0.717, 1.165) is 55.5 Å². The number of amides is 1. The zero-order valence-corrected chi connectivity index (χ0v) is 13.9. The molecule has 1 heterocycles. The van der Waals surface area contributed by atoms with Crippen molar-refractivity contribution in [2.24, 2.45) is 0 Å². The van der Waals surface area contributed by atoms with Crippen molar-refractivity contribution in [3.63, 3.8) is 0 Å². The summed E-state index contributed by atoms with van der Waals surface area (Å²) in [5, 5.41) is 3.26. The minimum absolute atomic E-state index is 0.146. The summed E-state index contributed by atoms with van der Waals surface area (Å²) in [7, 11) is 1.66. The summed E-state index contributed by atoms with van der Waals surface area (Å²) in [5.74, 6) is 1.46. The maximum Gasteiger partial charge on any atom is 0.289 e. The second kappa shape index (κ2) is 5.96. The van der Waals surface area contributed by atoms with Gasteiger partial charge in [-0.1, -0.05) is 25.0 Å². The molecule has 0 unspecified atom stereocenters. The van der Waals surface area contributed by atoms with E-state index in [1.165, 1.54) is 6.39 Å². The van der Waals surface area contributed by atoms with Crippen molar-refractivity contribution in [3.05, 3.63) is 47.7 Å². The number of carbonyl (C=O) groups excluding carboxylic acids is 1. The van der Waals surface area contributed by atoms with Gasteiger partial charge in [0.1, 0.15) is 5.75 Å². The first kappa shape index (κ1) is 15.2. The Kier molecular flexibility index (Phi) is 3.79. The van der Waals surface area contributed by atoms with Crippen molar-refractivity contribution < 1.29 is 13.9 Å². The molecule has 5 nitrogen and oxygen atoms in total. The monoisotopic (exact) mass is 326 g/mol. The summed E-state index contributed by atoms with van der Waals surface area (Å²) >= 11 is 0. The summed E-state index contributed by atoms with van der Waals surface area (Å²) in [6.45, 7) is 0. The van der Waals surface area contributed by atoms with Crippen LogP contribution in [0.4, 0.5) is 0 Å². The van der Waals surface area contributed by atoms with Crippen LogP contribution in [0.15, 0.2) is 35.1 Å². The van der Waals surface area contributed by atoms with Gasteiger partial charge in [-0.3, -0.25) is 4.79 Å². The average molecular weight is 326 g/mol. The summed E-state index contributed by atoms with van der Waals surface area (Å²) < 4.78 is 10.7. The highest BCUT2D eigenvalue weighted by atomic mass is 16.5. The molecule has 0 spiro atoms. The van der Waals surface area contributed by atoms with Gasteiger partial charge in [-0.2, -0.15) is 0 Å². The number of hydrogen-bond donors (Lipinski definition) is 1. The summed E-state index contributed by atoms with van der Waals surface area (Å²) in [4.78, 5) is 17.1. The number of carbonyl (C=O) groups is 1. The van der Waals surface area contributed by atoms with Crippen molar-refractivity contribution in [3.8, 4) is 5.75 Å². The first-order chi connectivity index (χ1) is 11.7. The minimum Gasteiger partial charge on any atom is -0.497 e. The van der Waals surface area contributed by atoms with E-state index in [9.17, 15) is 4.79 Å². The fourth-order valence-corrected chi connectivity index (χ4v) is 3.72. The molecule has 1 amide bonds. The van der Waals surface area contributed by atoms with Gasteiger partial charge in [-0.25, -0.2) is 4.98 Å². The fraction of sp³-hybridized carbons (Fsp3) is 0.474. The van der Waals surface area contributed by atoms with Crippen molar-refractivity contribution in [2.75, 3.05) is 7.11 Å². The summed E-state index contributed by atoms with van der Waals surface area (Å²) in [6, 6.07) is 8.00. The van der Waals surface area contributed by atoms with E-state index in [4.69, 9.17) is 9.15 Å². The number of oxazole rings is 1. The van der Waals surface area contributed by atoms with Crippen LogP contribution < -0.4 is 10.1 Å². The molecule has 1 aromatic carbocycles. The second-order valence-corrected chi connectivity index (χ2v) is 6.81. The molecule has 126 valence electrons. The van der Waals surface area contributed by atoms with Crippen LogP contribution in [0.1, 0.15) is 66.3 Å². The summed E-state index contributed by atoms with van der Waals surface area (Å²) in [6.07, 6.45) is 7.68. The van der Waals surface area contributed by atoms with Gasteiger partial charge in [0.2, 0.25) is 5.76 Å². The van der Waals surface area contributed by atoms with Crippen LogP contribution in [-0.4, -0.2) is 18.0 Å². The highest BCUT2D eigenvalue weighted by molar-refractivity contribution is 5.93. The van der Waals surface area contributed by atoms with Crippen molar-refractivity contribution in [1.29, 1.82) is 0 Å². The fourth-order valence-electron chi connectivity index (χ4n) is 3.72. The Labute approximate surface area is 141 Å². The Morgan fingerprint density at radius 1 is 1.25 bits per heavy atom. The van der Waals surface area contributed by atoms with E-state index >= 15 is 0 Å². The van der Waals surface area contributed by atoms with E-state index in [1.807, 2.05) is 24.3 Å². The van der Waals surface area contributed by atoms with Gasteiger partial charge in [-0.05, 0) is 43.4 Å². The van der Waals surface area contributed by atoms with Crippen molar-refractivity contribution in [2.45, 2.75) is 50.0 Å². The topological polar surface area (TPSA) is 64.4 Å².